The molecule has 1 rings (SSSR count). The third-order valence-electron chi connectivity index (χ3n) is 1.05. The molecule has 0 aromatic rings. The van der Waals surface area contributed by atoms with Gasteiger partial charge in [-0.3, -0.25) is 4.79 Å². The van der Waals surface area contributed by atoms with E-state index in [4.69, 9.17) is 0 Å². The minimum atomic E-state index is 0.00926. The molecule has 0 fully saturated rings. The van der Waals surface area contributed by atoms with Crippen molar-refractivity contribution < 1.29 is 4.79 Å². The van der Waals surface area contributed by atoms with Crippen molar-refractivity contribution in [3.8, 4) is 0 Å². The minimum absolute atomic E-state index is 0.00926. The summed E-state index contributed by atoms with van der Waals surface area (Å²) in [4.78, 5) is 12.2. The highest BCUT2D eigenvalue weighted by Gasteiger charge is 2.17. The first kappa shape index (κ1) is 5.15. The SMILES string of the molecule is CN(C)C1=CNC1=O. The van der Waals surface area contributed by atoms with E-state index in [9.17, 15) is 4.79 Å². The smallest absolute Gasteiger partial charge is 0.273 e. The lowest BCUT2D eigenvalue weighted by Crippen LogP contribution is -2.37. The van der Waals surface area contributed by atoms with E-state index in [0.29, 0.717) is 0 Å². The van der Waals surface area contributed by atoms with Crippen LogP contribution in [0.5, 0.6) is 0 Å². The third kappa shape index (κ3) is 0.559. The molecule has 8 heavy (non-hydrogen) atoms. The molecule has 1 aliphatic rings. The molecule has 0 radical (unpaired) electrons. The number of hydrogen-bond donors (Lipinski definition) is 1. The Balaban J connectivity index is 2.62. The van der Waals surface area contributed by atoms with Crippen molar-refractivity contribution in [3.05, 3.63) is 11.9 Å². The average Bonchev–Trinajstić information content (AvgIpc) is 1.61. The van der Waals surface area contributed by atoms with Crippen LogP contribution in [-0.4, -0.2) is 24.9 Å². The van der Waals surface area contributed by atoms with Crippen molar-refractivity contribution in [2.24, 2.45) is 0 Å². The molecule has 3 nitrogen and oxygen atoms in total. The van der Waals surface area contributed by atoms with E-state index in [1.165, 1.54) is 0 Å². The van der Waals surface area contributed by atoms with Crippen molar-refractivity contribution >= 4 is 5.91 Å². The molecule has 0 aliphatic carbocycles. The monoisotopic (exact) mass is 112 g/mol. The second-order valence-corrected chi connectivity index (χ2v) is 1.90. The van der Waals surface area contributed by atoms with E-state index in [1.807, 2.05) is 14.1 Å². The minimum Gasteiger partial charge on any atom is -0.372 e. The Bertz CT molecular complexity index is 149. The average molecular weight is 112 g/mol. The predicted octanol–water partition coefficient (Wildman–Crippen LogP) is -0.481. The second kappa shape index (κ2) is 1.51. The first-order valence-electron chi connectivity index (χ1n) is 2.40. The molecule has 0 saturated heterocycles. The van der Waals surface area contributed by atoms with Gasteiger partial charge < -0.3 is 10.2 Å². The maximum Gasteiger partial charge on any atom is 0.273 e. The molecule has 0 bridgehead atoms. The summed E-state index contributed by atoms with van der Waals surface area (Å²) in [6, 6.07) is 0. The lowest BCUT2D eigenvalue weighted by atomic mass is 10.3. The lowest BCUT2D eigenvalue weighted by molar-refractivity contribution is -0.119. The van der Waals surface area contributed by atoms with Gasteiger partial charge in [-0.2, -0.15) is 0 Å². The summed E-state index contributed by atoms with van der Waals surface area (Å²) in [7, 11) is 3.68. The van der Waals surface area contributed by atoms with Gasteiger partial charge in [0.2, 0.25) is 0 Å². The van der Waals surface area contributed by atoms with Crippen LogP contribution in [0.3, 0.4) is 0 Å². The van der Waals surface area contributed by atoms with Gasteiger partial charge in [0, 0.05) is 20.3 Å². The van der Waals surface area contributed by atoms with E-state index in [0.717, 1.165) is 5.70 Å². The van der Waals surface area contributed by atoms with Crippen LogP contribution in [-0.2, 0) is 4.79 Å². The van der Waals surface area contributed by atoms with Crippen LogP contribution >= 0.6 is 0 Å². The topological polar surface area (TPSA) is 32.3 Å². The maximum absolute atomic E-state index is 10.5. The second-order valence-electron chi connectivity index (χ2n) is 1.90. The number of carbonyl (C=O) groups excluding carboxylic acids is 1. The van der Waals surface area contributed by atoms with Gasteiger partial charge in [0.25, 0.3) is 5.91 Å². The van der Waals surface area contributed by atoms with Crippen molar-refractivity contribution in [1.29, 1.82) is 0 Å². The predicted molar refractivity (Wildman–Crippen MR) is 29.9 cm³/mol. The molecule has 0 atom stereocenters. The molecule has 1 N–H and O–H groups in total. The van der Waals surface area contributed by atoms with Gasteiger partial charge in [-0.05, 0) is 0 Å². The van der Waals surface area contributed by atoms with Crippen molar-refractivity contribution in [3.63, 3.8) is 0 Å². The summed E-state index contributed by atoms with van der Waals surface area (Å²) in [6.07, 6.45) is 1.68. The Morgan fingerprint density at radius 1 is 1.62 bits per heavy atom. The zero-order valence-electron chi connectivity index (χ0n) is 4.93. The van der Waals surface area contributed by atoms with Crippen LogP contribution in [0, 0.1) is 0 Å². The van der Waals surface area contributed by atoms with E-state index in [-0.39, 0.29) is 5.91 Å². The molecule has 0 unspecified atom stereocenters. The number of amides is 1. The Morgan fingerprint density at radius 3 is 2.25 bits per heavy atom. The molecule has 0 saturated carbocycles. The molecule has 44 valence electrons. The first-order valence-corrected chi connectivity index (χ1v) is 2.40. The summed E-state index contributed by atoms with van der Waals surface area (Å²) in [6.45, 7) is 0. The van der Waals surface area contributed by atoms with E-state index < -0.39 is 0 Å². The van der Waals surface area contributed by atoms with Crippen molar-refractivity contribution in [2.45, 2.75) is 0 Å². The van der Waals surface area contributed by atoms with Crippen LogP contribution in [0.25, 0.3) is 0 Å². The van der Waals surface area contributed by atoms with Gasteiger partial charge in [-0.1, -0.05) is 0 Å². The third-order valence-corrected chi connectivity index (χ3v) is 1.05. The number of nitrogens with one attached hydrogen (secondary N) is 1. The van der Waals surface area contributed by atoms with Gasteiger partial charge in [0.15, 0.2) is 0 Å². The van der Waals surface area contributed by atoms with E-state index >= 15 is 0 Å². The lowest BCUT2D eigenvalue weighted by Gasteiger charge is -2.21. The molecule has 0 aromatic carbocycles. The quantitative estimate of drug-likeness (QED) is 0.497. The Hall–Kier alpha value is -0.990. The number of carbonyl (C=O) groups is 1. The van der Waals surface area contributed by atoms with Gasteiger partial charge in [0.1, 0.15) is 5.70 Å². The molecule has 0 aromatic heterocycles. The van der Waals surface area contributed by atoms with Crippen LogP contribution in [0.4, 0.5) is 0 Å². The molecule has 1 heterocycles. The fraction of sp³-hybridized carbons (Fsp3) is 0.400. The van der Waals surface area contributed by atoms with Gasteiger partial charge in [-0.25, -0.2) is 0 Å². The molecule has 3 heteroatoms. The van der Waals surface area contributed by atoms with Crippen molar-refractivity contribution in [1.82, 2.24) is 10.2 Å². The van der Waals surface area contributed by atoms with Crippen LogP contribution in [0.1, 0.15) is 0 Å². The number of likely N-dealkylation sites (N-methyl/N-ethyl adjacent to an activating group) is 1. The molecular weight excluding hydrogens is 104 g/mol. The van der Waals surface area contributed by atoms with Gasteiger partial charge >= 0.3 is 0 Å². The number of hydrogen-bond acceptors (Lipinski definition) is 2. The largest absolute Gasteiger partial charge is 0.372 e. The fourth-order valence-electron chi connectivity index (χ4n) is 0.528. The summed E-state index contributed by atoms with van der Waals surface area (Å²) >= 11 is 0. The van der Waals surface area contributed by atoms with Gasteiger partial charge in [0.05, 0.1) is 0 Å². The normalized spacial score (nSPS) is 16.2. The highest BCUT2D eigenvalue weighted by Crippen LogP contribution is 2.03. The molecule has 0 spiro atoms. The van der Waals surface area contributed by atoms with Crippen LogP contribution < -0.4 is 5.32 Å². The van der Waals surface area contributed by atoms with E-state index in [2.05, 4.69) is 5.32 Å². The number of rotatable bonds is 1. The summed E-state index contributed by atoms with van der Waals surface area (Å²) in [5.41, 5.74) is 0.741. The zero-order valence-corrected chi connectivity index (χ0v) is 4.93. The molecule has 1 aliphatic heterocycles. The van der Waals surface area contributed by atoms with E-state index in [1.54, 1.807) is 11.1 Å². The maximum atomic E-state index is 10.5. The summed E-state index contributed by atoms with van der Waals surface area (Å²) < 4.78 is 0. The number of nitrogens with zero attached hydrogens (tertiary/aromatic N) is 1. The summed E-state index contributed by atoms with van der Waals surface area (Å²) in [5, 5.41) is 2.50. The Kier molecular flexibility index (Phi) is 0.970. The van der Waals surface area contributed by atoms with Gasteiger partial charge in [-0.15, -0.1) is 0 Å². The molecule has 1 amide bonds. The molecular formula is C5H8N2O. The highest BCUT2D eigenvalue weighted by molar-refractivity contribution is 5.99. The van der Waals surface area contributed by atoms with Crippen LogP contribution in [0.2, 0.25) is 0 Å². The Labute approximate surface area is 48.0 Å². The Morgan fingerprint density at radius 2 is 2.25 bits per heavy atom. The summed E-state index contributed by atoms with van der Waals surface area (Å²) in [5.74, 6) is 0.00926. The first-order chi connectivity index (χ1) is 3.72. The zero-order chi connectivity index (χ0) is 6.15. The standard InChI is InChI=1S/C5H8N2O/c1-7(2)4-3-6-5(4)8/h3H,1-2H3,(H,6,8). The highest BCUT2D eigenvalue weighted by atomic mass is 16.2. The van der Waals surface area contributed by atoms with Crippen molar-refractivity contribution in [2.75, 3.05) is 14.1 Å². The fourth-order valence-corrected chi connectivity index (χ4v) is 0.528. The van der Waals surface area contributed by atoms with Crippen LogP contribution in [0.15, 0.2) is 11.9 Å².